The minimum absolute atomic E-state index is 0.108. The first kappa shape index (κ1) is 18.2. The molecule has 130 valence electrons. The van der Waals surface area contributed by atoms with Crippen LogP contribution in [0.15, 0.2) is 24.3 Å². The summed E-state index contributed by atoms with van der Waals surface area (Å²) < 4.78 is 11.3. The van der Waals surface area contributed by atoms with E-state index >= 15 is 0 Å². The summed E-state index contributed by atoms with van der Waals surface area (Å²) in [5.41, 5.74) is 0.640. The van der Waals surface area contributed by atoms with Gasteiger partial charge in [-0.2, -0.15) is 0 Å². The first-order valence-corrected chi connectivity index (χ1v) is 8.57. The molecule has 2 amide bonds. The summed E-state index contributed by atoms with van der Waals surface area (Å²) in [5, 5.41) is 2.93. The molecule has 1 atom stereocenters. The number of carbonyl (C=O) groups excluding carboxylic acids is 1. The van der Waals surface area contributed by atoms with Gasteiger partial charge in [-0.05, 0) is 37.8 Å². The van der Waals surface area contributed by atoms with Crippen LogP contribution < -0.4 is 10.1 Å². The van der Waals surface area contributed by atoms with Gasteiger partial charge in [0.2, 0.25) is 0 Å². The molecule has 0 aliphatic carbocycles. The minimum Gasteiger partial charge on any atom is -0.479 e. The Morgan fingerprint density at radius 3 is 3.00 bits per heavy atom. The Morgan fingerprint density at radius 2 is 2.21 bits per heavy atom. The highest BCUT2D eigenvalue weighted by Crippen LogP contribution is 2.24. The molecule has 0 unspecified atom stereocenters. The fraction of sp³-hybridized carbons (Fsp3) is 0.526. The van der Waals surface area contributed by atoms with E-state index in [9.17, 15) is 4.79 Å². The molecule has 0 radical (unpaired) electrons. The van der Waals surface area contributed by atoms with Gasteiger partial charge in [0.05, 0.1) is 11.8 Å². The quantitative estimate of drug-likeness (QED) is 0.812. The van der Waals surface area contributed by atoms with E-state index in [4.69, 9.17) is 15.9 Å². The maximum absolute atomic E-state index is 12.5. The highest BCUT2D eigenvalue weighted by Gasteiger charge is 2.21. The van der Waals surface area contributed by atoms with Crippen LogP contribution >= 0.6 is 0 Å². The Kier molecular flexibility index (Phi) is 7.44. The Morgan fingerprint density at radius 1 is 1.38 bits per heavy atom. The first-order chi connectivity index (χ1) is 11.7. The summed E-state index contributed by atoms with van der Waals surface area (Å²) in [6.45, 7) is 4.51. The SMILES string of the molecule is C#CCOc1ccccc1NC(=O)N1CCC[C@H](OCCC)CC1. The number of amides is 2. The van der Waals surface area contributed by atoms with Crippen LogP contribution in [-0.4, -0.2) is 43.3 Å². The van der Waals surface area contributed by atoms with Crippen molar-refractivity contribution in [3.05, 3.63) is 24.3 Å². The number of urea groups is 1. The van der Waals surface area contributed by atoms with Gasteiger partial charge in [-0.3, -0.25) is 0 Å². The average molecular weight is 330 g/mol. The number of hydrogen-bond donors (Lipinski definition) is 1. The zero-order valence-corrected chi connectivity index (χ0v) is 14.3. The molecule has 0 saturated carbocycles. The van der Waals surface area contributed by atoms with Crippen LogP contribution in [0.3, 0.4) is 0 Å². The number of nitrogens with one attached hydrogen (secondary N) is 1. The number of likely N-dealkylation sites (tertiary alicyclic amines) is 1. The number of terminal acetylenes is 1. The van der Waals surface area contributed by atoms with Crippen LogP contribution in [0.1, 0.15) is 32.6 Å². The number of rotatable bonds is 6. The molecule has 1 aliphatic rings. The van der Waals surface area contributed by atoms with E-state index in [0.717, 1.165) is 38.8 Å². The van der Waals surface area contributed by atoms with Crippen LogP contribution in [0, 0.1) is 12.3 Å². The maximum Gasteiger partial charge on any atom is 0.321 e. The van der Waals surface area contributed by atoms with Crippen LogP contribution in [0.25, 0.3) is 0 Å². The lowest BCUT2D eigenvalue weighted by atomic mass is 10.2. The van der Waals surface area contributed by atoms with Crippen LogP contribution in [0.2, 0.25) is 0 Å². The number of benzene rings is 1. The zero-order chi connectivity index (χ0) is 17.2. The summed E-state index contributed by atoms with van der Waals surface area (Å²) in [4.78, 5) is 14.4. The summed E-state index contributed by atoms with van der Waals surface area (Å²) >= 11 is 0. The van der Waals surface area contributed by atoms with E-state index in [1.807, 2.05) is 23.1 Å². The molecular weight excluding hydrogens is 304 g/mol. The van der Waals surface area contributed by atoms with E-state index in [1.54, 1.807) is 6.07 Å². The third-order valence-electron chi connectivity index (χ3n) is 3.96. The standard InChI is InChI=1S/C19H26N2O3/c1-3-14-23-16-8-7-12-21(13-11-16)19(22)20-17-9-5-6-10-18(17)24-15-4-2/h2,5-6,9-10,16H,3,7-8,11-15H2,1H3,(H,20,22)/t16-/m0/s1. The second-order valence-corrected chi connectivity index (χ2v) is 5.83. The zero-order valence-electron chi connectivity index (χ0n) is 14.3. The Bertz CT molecular complexity index is 568. The van der Waals surface area contributed by atoms with Gasteiger partial charge < -0.3 is 19.7 Å². The van der Waals surface area contributed by atoms with Gasteiger partial charge in [0, 0.05) is 19.7 Å². The normalized spacial score (nSPS) is 17.7. The maximum atomic E-state index is 12.5. The monoisotopic (exact) mass is 330 g/mol. The van der Waals surface area contributed by atoms with E-state index in [-0.39, 0.29) is 18.7 Å². The fourth-order valence-electron chi connectivity index (χ4n) is 2.73. The molecule has 1 N–H and O–H groups in total. The summed E-state index contributed by atoms with van der Waals surface area (Å²) in [7, 11) is 0. The first-order valence-electron chi connectivity index (χ1n) is 8.57. The highest BCUT2D eigenvalue weighted by atomic mass is 16.5. The van der Waals surface area contributed by atoms with Gasteiger partial charge >= 0.3 is 6.03 Å². The largest absolute Gasteiger partial charge is 0.479 e. The topological polar surface area (TPSA) is 50.8 Å². The second kappa shape index (κ2) is 9.84. The molecule has 2 rings (SSSR count). The van der Waals surface area contributed by atoms with E-state index in [0.29, 0.717) is 18.0 Å². The molecule has 1 fully saturated rings. The minimum atomic E-state index is -0.108. The molecular formula is C19H26N2O3. The highest BCUT2D eigenvalue weighted by molar-refractivity contribution is 5.91. The average Bonchev–Trinajstić information content (AvgIpc) is 2.85. The number of ether oxygens (including phenoxy) is 2. The third kappa shape index (κ3) is 5.47. The van der Waals surface area contributed by atoms with Gasteiger partial charge in [-0.25, -0.2) is 4.79 Å². The van der Waals surface area contributed by atoms with Crippen molar-refractivity contribution in [1.29, 1.82) is 0 Å². The van der Waals surface area contributed by atoms with Gasteiger partial charge in [0.15, 0.2) is 0 Å². The summed E-state index contributed by atoms with van der Waals surface area (Å²) in [5.74, 6) is 3.02. The molecule has 5 nitrogen and oxygen atoms in total. The predicted octanol–water partition coefficient (Wildman–Crippen LogP) is 3.51. The Hall–Kier alpha value is -2.19. The van der Waals surface area contributed by atoms with Gasteiger partial charge in [0.1, 0.15) is 12.4 Å². The van der Waals surface area contributed by atoms with Crippen molar-refractivity contribution in [3.63, 3.8) is 0 Å². The summed E-state index contributed by atoms with van der Waals surface area (Å²) in [6.07, 6.45) is 9.35. The molecule has 1 saturated heterocycles. The van der Waals surface area contributed by atoms with Crippen molar-refractivity contribution in [2.75, 3.05) is 31.6 Å². The lowest BCUT2D eigenvalue weighted by Gasteiger charge is -2.22. The number of para-hydroxylation sites is 2. The molecule has 24 heavy (non-hydrogen) atoms. The number of anilines is 1. The Balaban J connectivity index is 1.92. The van der Waals surface area contributed by atoms with Crippen LogP contribution in [0.5, 0.6) is 5.75 Å². The van der Waals surface area contributed by atoms with Crippen LogP contribution in [0.4, 0.5) is 10.5 Å². The Labute approximate surface area is 144 Å². The molecule has 0 aromatic heterocycles. The van der Waals surface area contributed by atoms with Crippen LogP contribution in [-0.2, 0) is 4.74 Å². The lowest BCUT2D eigenvalue weighted by molar-refractivity contribution is 0.0446. The molecule has 1 aliphatic heterocycles. The van der Waals surface area contributed by atoms with Crippen molar-refractivity contribution in [2.24, 2.45) is 0 Å². The van der Waals surface area contributed by atoms with Gasteiger partial charge in [0.25, 0.3) is 0 Å². The number of carbonyl (C=O) groups is 1. The van der Waals surface area contributed by atoms with Crippen molar-refractivity contribution in [3.8, 4) is 18.1 Å². The fourth-order valence-corrected chi connectivity index (χ4v) is 2.73. The van der Waals surface area contributed by atoms with Crippen molar-refractivity contribution >= 4 is 11.7 Å². The predicted molar refractivity (Wildman–Crippen MR) is 95.2 cm³/mol. The molecule has 0 spiro atoms. The smallest absolute Gasteiger partial charge is 0.321 e. The van der Waals surface area contributed by atoms with E-state index < -0.39 is 0 Å². The van der Waals surface area contributed by atoms with Crippen molar-refractivity contribution < 1.29 is 14.3 Å². The molecule has 1 aromatic carbocycles. The number of nitrogens with zero attached hydrogens (tertiary/aromatic N) is 1. The second-order valence-electron chi connectivity index (χ2n) is 5.83. The molecule has 1 aromatic rings. The van der Waals surface area contributed by atoms with E-state index in [1.165, 1.54) is 0 Å². The van der Waals surface area contributed by atoms with Crippen molar-refractivity contribution in [1.82, 2.24) is 4.90 Å². The third-order valence-corrected chi connectivity index (χ3v) is 3.96. The van der Waals surface area contributed by atoms with Gasteiger partial charge in [-0.15, -0.1) is 6.42 Å². The van der Waals surface area contributed by atoms with E-state index in [2.05, 4.69) is 18.2 Å². The molecule has 5 heteroatoms. The number of hydrogen-bond acceptors (Lipinski definition) is 3. The lowest BCUT2D eigenvalue weighted by Crippen LogP contribution is -2.36. The molecule has 0 bridgehead atoms. The van der Waals surface area contributed by atoms with Crippen molar-refractivity contribution in [2.45, 2.75) is 38.7 Å². The summed E-state index contributed by atoms with van der Waals surface area (Å²) in [6, 6.07) is 7.21. The van der Waals surface area contributed by atoms with Gasteiger partial charge in [-0.1, -0.05) is 25.0 Å². The molecule has 1 heterocycles.